The number of nitrogens with zero attached hydrogens (tertiary/aromatic N) is 3. The van der Waals surface area contributed by atoms with Crippen LogP contribution in [-0.4, -0.2) is 15.0 Å². The Morgan fingerprint density at radius 3 is 1.89 bits per heavy atom. The molecule has 0 saturated carbocycles. The van der Waals surface area contributed by atoms with Crippen molar-refractivity contribution < 1.29 is 0 Å². The van der Waals surface area contributed by atoms with Gasteiger partial charge in [0.1, 0.15) is 5.82 Å². The third-order valence-corrected chi connectivity index (χ3v) is 8.46. The number of benzene rings is 4. The summed E-state index contributed by atoms with van der Waals surface area (Å²) in [6.45, 7) is 20.1. The fraction of sp³-hybridized carbons (Fsp3) is 0.293. The van der Waals surface area contributed by atoms with Gasteiger partial charge in [0.2, 0.25) is 0 Å². The van der Waals surface area contributed by atoms with E-state index in [1.165, 1.54) is 49.5 Å². The second kappa shape index (κ2) is 10.7. The Hall–Kier alpha value is -4.37. The van der Waals surface area contributed by atoms with Crippen molar-refractivity contribution in [2.24, 2.45) is 0 Å². The molecule has 0 amide bonds. The van der Waals surface area contributed by atoms with E-state index in [-0.39, 0.29) is 16.2 Å². The summed E-state index contributed by atoms with van der Waals surface area (Å²) in [7, 11) is 0. The van der Waals surface area contributed by atoms with Gasteiger partial charge in [0.25, 0.3) is 0 Å². The molecule has 0 aliphatic carbocycles. The summed E-state index contributed by atoms with van der Waals surface area (Å²) < 4.78 is 0. The van der Waals surface area contributed by atoms with Crippen LogP contribution in [0.2, 0.25) is 0 Å². The smallest absolute Gasteiger partial charge is 0.134 e. The van der Waals surface area contributed by atoms with Gasteiger partial charge in [-0.15, -0.1) is 0 Å². The second-order valence-corrected chi connectivity index (χ2v) is 15.1. The van der Waals surface area contributed by atoms with E-state index in [1.807, 2.05) is 18.5 Å². The van der Waals surface area contributed by atoms with Gasteiger partial charge in [-0.05, 0) is 91.4 Å². The summed E-state index contributed by atoms with van der Waals surface area (Å²) in [4.78, 5) is 14.2. The van der Waals surface area contributed by atoms with Crippen molar-refractivity contribution in [1.82, 2.24) is 15.0 Å². The molecule has 6 aromatic rings. The first-order valence-electron chi connectivity index (χ1n) is 15.6. The highest BCUT2D eigenvalue weighted by molar-refractivity contribution is 5.94. The predicted molar refractivity (Wildman–Crippen MR) is 187 cm³/mol. The zero-order valence-electron chi connectivity index (χ0n) is 27.6. The second-order valence-electron chi connectivity index (χ2n) is 15.1. The SMILES string of the molecule is CC(C)(C)c1nccc(-c2cccc(-c3cc4cc(-c5ccc6c(C(C)(C)C)ccnc6c5)ccc4cc3C(C)(C)C)c2)n1. The van der Waals surface area contributed by atoms with Crippen molar-refractivity contribution in [3.63, 3.8) is 0 Å². The maximum atomic E-state index is 4.94. The lowest BCUT2D eigenvalue weighted by Gasteiger charge is -2.24. The molecule has 3 heteroatoms. The zero-order chi connectivity index (χ0) is 31.4. The van der Waals surface area contributed by atoms with Gasteiger partial charge in [-0.25, -0.2) is 9.97 Å². The highest BCUT2D eigenvalue weighted by Crippen LogP contribution is 2.39. The lowest BCUT2D eigenvalue weighted by atomic mass is 9.80. The highest BCUT2D eigenvalue weighted by atomic mass is 14.9. The first-order chi connectivity index (χ1) is 20.7. The molecule has 0 radical (unpaired) electrons. The van der Waals surface area contributed by atoms with Crippen molar-refractivity contribution in [1.29, 1.82) is 0 Å². The van der Waals surface area contributed by atoms with Gasteiger partial charge >= 0.3 is 0 Å². The van der Waals surface area contributed by atoms with Gasteiger partial charge in [-0.3, -0.25) is 4.98 Å². The molecular weight excluding hydrogens is 534 g/mol. The normalized spacial score (nSPS) is 12.7. The van der Waals surface area contributed by atoms with E-state index in [0.717, 1.165) is 22.6 Å². The molecule has 0 fully saturated rings. The molecule has 3 nitrogen and oxygen atoms in total. The van der Waals surface area contributed by atoms with Crippen molar-refractivity contribution >= 4 is 21.7 Å². The Balaban J connectivity index is 1.47. The lowest BCUT2D eigenvalue weighted by Crippen LogP contribution is -2.16. The van der Waals surface area contributed by atoms with Crippen LogP contribution in [-0.2, 0) is 16.2 Å². The topological polar surface area (TPSA) is 38.7 Å². The molecule has 2 heterocycles. The van der Waals surface area contributed by atoms with Gasteiger partial charge in [0.05, 0.1) is 11.2 Å². The number of pyridine rings is 1. The molecule has 0 aliphatic rings. The monoisotopic (exact) mass is 577 g/mol. The number of aromatic nitrogens is 3. The quantitative estimate of drug-likeness (QED) is 0.210. The average Bonchev–Trinajstić information content (AvgIpc) is 2.98. The van der Waals surface area contributed by atoms with E-state index in [2.05, 4.69) is 146 Å². The molecule has 4 aromatic carbocycles. The van der Waals surface area contributed by atoms with Crippen molar-refractivity contribution in [2.45, 2.75) is 78.6 Å². The minimum absolute atomic E-state index is 0.0265. The molecule has 0 saturated heterocycles. The Labute approximate surface area is 262 Å². The minimum Gasteiger partial charge on any atom is -0.256 e. The zero-order valence-corrected chi connectivity index (χ0v) is 27.6. The summed E-state index contributed by atoms with van der Waals surface area (Å²) >= 11 is 0. The standard InChI is InChI=1S/C41H43N3/c1-39(2,3)34-17-19-42-37-25-28(15-16-32(34)37)26-13-14-27-24-35(40(4,5)6)33(23-31(27)21-26)29-11-10-12-30(22-29)36-18-20-43-38(44-36)41(7,8)9/h10-25H,1-9H3. The predicted octanol–water partition coefficient (Wildman–Crippen LogP) is 11.1. The molecule has 0 N–H and O–H groups in total. The maximum Gasteiger partial charge on any atom is 0.134 e. The van der Waals surface area contributed by atoms with Crippen molar-refractivity contribution in [3.05, 3.63) is 114 Å². The number of fused-ring (bicyclic) bond motifs is 2. The van der Waals surface area contributed by atoms with Gasteiger partial charge in [-0.2, -0.15) is 0 Å². The van der Waals surface area contributed by atoms with Crippen LogP contribution in [0.1, 0.15) is 79.3 Å². The number of hydrogen-bond donors (Lipinski definition) is 0. The summed E-state index contributed by atoms with van der Waals surface area (Å²) in [6, 6.07) is 31.2. The minimum atomic E-state index is -0.112. The van der Waals surface area contributed by atoms with Crippen LogP contribution in [0.25, 0.3) is 55.2 Å². The van der Waals surface area contributed by atoms with E-state index in [1.54, 1.807) is 0 Å². The average molecular weight is 578 g/mol. The van der Waals surface area contributed by atoms with Crippen molar-refractivity contribution in [2.75, 3.05) is 0 Å². The first-order valence-corrected chi connectivity index (χ1v) is 15.6. The molecule has 0 atom stereocenters. The van der Waals surface area contributed by atoms with Gasteiger partial charge < -0.3 is 0 Å². The molecule has 0 bridgehead atoms. The fourth-order valence-electron chi connectivity index (χ4n) is 6.05. The molecular formula is C41H43N3. The van der Waals surface area contributed by atoms with Crippen LogP contribution in [0, 0.1) is 0 Å². The Morgan fingerprint density at radius 2 is 1.16 bits per heavy atom. The molecule has 0 aliphatic heterocycles. The van der Waals surface area contributed by atoms with E-state index in [4.69, 9.17) is 9.97 Å². The molecule has 222 valence electrons. The summed E-state index contributed by atoms with van der Waals surface area (Å²) in [5, 5.41) is 3.70. The Morgan fingerprint density at radius 1 is 0.477 bits per heavy atom. The van der Waals surface area contributed by atoms with Gasteiger partial charge in [-0.1, -0.05) is 111 Å². The molecule has 44 heavy (non-hydrogen) atoms. The van der Waals surface area contributed by atoms with Crippen LogP contribution < -0.4 is 0 Å². The maximum absolute atomic E-state index is 4.94. The third-order valence-electron chi connectivity index (χ3n) is 8.46. The molecule has 2 aromatic heterocycles. The van der Waals surface area contributed by atoms with Gasteiger partial charge in [0.15, 0.2) is 0 Å². The van der Waals surface area contributed by atoms with Crippen molar-refractivity contribution in [3.8, 4) is 33.5 Å². The van der Waals surface area contributed by atoms with Gasteiger partial charge in [0, 0.05) is 28.8 Å². The van der Waals surface area contributed by atoms with E-state index in [0.29, 0.717) is 0 Å². The Kier molecular flexibility index (Phi) is 7.19. The first kappa shape index (κ1) is 29.7. The summed E-state index contributed by atoms with van der Waals surface area (Å²) in [5.41, 5.74) is 10.5. The van der Waals surface area contributed by atoms with Crippen LogP contribution in [0.3, 0.4) is 0 Å². The summed E-state index contributed by atoms with van der Waals surface area (Å²) in [6.07, 6.45) is 3.81. The van der Waals surface area contributed by atoms with E-state index < -0.39 is 0 Å². The fourth-order valence-corrected chi connectivity index (χ4v) is 6.05. The number of rotatable bonds is 3. The van der Waals surface area contributed by atoms with Crippen LogP contribution in [0.4, 0.5) is 0 Å². The summed E-state index contributed by atoms with van der Waals surface area (Å²) in [5.74, 6) is 0.854. The van der Waals surface area contributed by atoms with Crippen LogP contribution >= 0.6 is 0 Å². The Bertz CT molecular complexity index is 2010. The van der Waals surface area contributed by atoms with Crippen LogP contribution in [0.15, 0.2) is 97.3 Å². The lowest BCUT2D eigenvalue weighted by molar-refractivity contribution is 0.546. The van der Waals surface area contributed by atoms with E-state index >= 15 is 0 Å². The third kappa shape index (κ3) is 5.76. The van der Waals surface area contributed by atoms with Crippen LogP contribution in [0.5, 0.6) is 0 Å². The number of hydrogen-bond acceptors (Lipinski definition) is 3. The van der Waals surface area contributed by atoms with E-state index in [9.17, 15) is 0 Å². The highest BCUT2D eigenvalue weighted by Gasteiger charge is 2.22. The molecule has 0 unspecified atom stereocenters. The largest absolute Gasteiger partial charge is 0.256 e. The molecule has 6 rings (SSSR count). The molecule has 0 spiro atoms.